The molecule has 4 saturated heterocycles. The predicted octanol–water partition coefficient (Wildman–Crippen LogP) is -2.15. The number of carbonyl (C=O) groups is 4. The van der Waals surface area contributed by atoms with Crippen LogP contribution in [0.5, 0.6) is 0 Å². The number of carboxylic acids is 1. The summed E-state index contributed by atoms with van der Waals surface area (Å²) >= 11 is 2.14. The zero-order chi connectivity index (χ0) is 26.7. The molecular formula is C21H26N8O6S2. The third-order valence-electron chi connectivity index (χ3n) is 8.00. The van der Waals surface area contributed by atoms with Crippen LogP contribution in [0.2, 0.25) is 0 Å². The summed E-state index contributed by atoms with van der Waals surface area (Å²) in [5.41, 5.74) is 11.3. The highest BCUT2D eigenvalue weighted by Gasteiger charge is 2.59. The summed E-state index contributed by atoms with van der Waals surface area (Å²) < 4.78 is 9.41. The summed E-state index contributed by atoms with van der Waals surface area (Å²) in [5.74, 6) is -3.91. The van der Waals surface area contributed by atoms with E-state index in [1.54, 1.807) is 0 Å². The molecule has 0 unspecified atom stereocenters. The lowest BCUT2D eigenvalue weighted by Crippen LogP contribution is -2.73. The van der Waals surface area contributed by atoms with Gasteiger partial charge in [-0.1, -0.05) is 0 Å². The number of anilines is 2. The molecule has 6 heterocycles. The first-order chi connectivity index (χ1) is 17.5. The maximum absolute atomic E-state index is 13.4. The minimum Gasteiger partial charge on any atom is -0.543 e. The topological polar surface area (TPSA) is 209 Å². The Hall–Kier alpha value is -3.24. The average Bonchev–Trinajstić information content (AvgIpc) is 3.32. The number of amides is 3. The quantitative estimate of drug-likeness (QED) is 0.151. The summed E-state index contributed by atoms with van der Waals surface area (Å²) in [5, 5.41) is 19.4. The molecule has 0 aromatic carbocycles. The molecule has 6 rings (SSSR count). The largest absolute Gasteiger partial charge is 0.543 e. The molecule has 5 aliphatic rings. The van der Waals surface area contributed by atoms with Crippen molar-refractivity contribution in [3.05, 3.63) is 11.3 Å². The van der Waals surface area contributed by atoms with Gasteiger partial charge in [0.05, 0.1) is 43.8 Å². The normalized spacial score (nSPS) is 30.4. The smallest absolute Gasteiger partial charge is 0.316 e. The number of carboxylic acid groups (broad SMARTS) is 1. The molecule has 14 nitrogen and oxygen atoms in total. The third-order valence-corrected chi connectivity index (χ3v) is 9.86. The maximum Gasteiger partial charge on any atom is 0.316 e. The second kappa shape index (κ2) is 8.95. The van der Waals surface area contributed by atoms with Crippen molar-refractivity contribution in [3.63, 3.8) is 0 Å². The van der Waals surface area contributed by atoms with Crippen LogP contribution in [0, 0.1) is 10.8 Å². The van der Waals surface area contributed by atoms with Gasteiger partial charge in [-0.3, -0.25) is 29.6 Å². The van der Waals surface area contributed by atoms with E-state index < -0.39 is 40.5 Å². The van der Waals surface area contributed by atoms with E-state index in [2.05, 4.69) is 9.36 Å². The fourth-order valence-corrected chi connectivity index (χ4v) is 7.62. The van der Waals surface area contributed by atoms with E-state index in [9.17, 15) is 24.3 Å². The maximum atomic E-state index is 13.4. The van der Waals surface area contributed by atoms with E-state index in [0.29, 0.717) is 61.3 Å². The first-order valence-electron chi connectivity index (χ1n) is 11.6. The van der Waals surface area contributed by atoms with Crippen LogP contribution in [0.4, 0.5) is 11.1 Å². The number of hydrogen-bond acceptors (Lipinski definition) is 12. The number of aliphatic carboxylic acids is 1. The van der Waals surface area contributed by atoms with Crippen molar-refractivity contribution in [1.82, 2.24) is 14.3 Å². The molecule has 37 heavy (non-hydrogen) atoms. The summed E-state index contributed by atoms with van der Waals surface area (Å²) in [4.78, 5) is 56.7. The molecule has 198 valence electrons. The van der Waals surface area contributed by atoms with Crippen molar-refractivity contribution in [1.29, 1.82) is 5.41 Å². The van der Waals surface area contributed by atoms with Gasteiger partial charge in [0.25, 0.3) is 11.8 Å². The fraction of sp³-hybridized carbons (Fsp3) is 0.571. The number of nitrogen functional groups attached to an aromatic ring is 1. The van der Waals surface area contributed by atoms with Crippen LogP contribution in [-0.4, -0.2) is 98.8 Å². The molecule has 16 heteroatoms. The van der Waals surface area contributed by atoms with Crippen LogP contribution in [-0.2, 0) is 23.9 Å². The molecule has 4 fully saturated rings. The number of nitrogens with one attached hydrogen (secondary N) is 1. The van der Waals surface area contributed by atoms with Gasteiger partial charge >= 0.3 is 5.91 Å². The molecule has 5 aliphatic heterocycles. The zero-order valence-corrected chi connectivity index (χ0v) is 21.6. The number of hydrogen-bond donors (Lipinski definition) is 3. The minimum atomic E-state index is -1.47. The highest BCUT2D eigenvalue weighted by molar-refractivity contribution is 8.00. The molecular weight excluding hydrogens is 524 g/mol. The van der Waals surface area contributed by atoms with Gasteiger partial charge in [-0.2, -0.15) is 9.36 Å². The molecule has 2 bridgehead atoms. The Morgan fingerprint density at radius 1 is 1.30 bits per heavy atom. The van der Waals surface area contributed by atoms with Gasteiger partial charge in [0, 0.05) is 42.1 Å². The molecule has 2 atom stereocenters. The summed E-state index contributed by atoms with van der Waals surface area (Å²) in [6.45, 7) is 2.54. The van der Waals surface area contributed by atoms with E-state index in [1.165, 1.54) is 11.8 Å². The van der Waals surface area contributed by atoms with E-state index in [4.69, 9.17) is 21.6 Å². The lowest BCUT2D eigenvalue weighted by atomic mass is 9.70. The number of aromatic nitrogens is 2. The van der Waals surface area contributed by atoms with Crippen molar-refractivity contribution < 1.29 is 33.5 Å². The van der Waals surface area contributed by atoms with Gasteiger partial charge in [-0.25, -0.2) is 0 Å². The predicted molar refractivity (Wildman–Crippen MR) is 131 cm³/mol. The van der Waals surface area contributed by atoms with Gasteiger partial charge in [0.15, 0.2) is 0 Å². The minimum absolute atomic E-state index is 0.0617. The summed E-state index contributed by atoms with van der Waals surface area (Å²) in [6.07, 6.45) is 1.97. The third kappa shape index (κ3) is 3.93. The number of rotatable bonds is 6. The van der Waals surface area contributed by atoms with Crippen LogP contribution in [0.3, 0.4) is 0 Å². The SMILES string of the molecule is COC(=N)C(=O)N(c1nsc(N)n1)[C@@H]1C(=O)N2C(C(=O)[O-])=C(C[N+]34CCC(C(N)=O)(CC3)CC4)CS[C@H]12. The molecule has 1 aromatic heterocycles. The molecule has 0 radical (unpaired) electrons. The van der Waals surface area contributed by atoms with E-state index in [0.717, 1.165) is 28.4 Å². The number of thioether (sulfide) groups is 1. The monoisotopic (exact) mass is 550 g/mol. The average molecular weight is 551 g/mol. The lowest BCUT2D eigenvalue weighted by Gasteiger charge is -2.56. The first-order valence-corrected chi connectivity index (χ1v) is 13.4. The zero-order valence-electron chi connectivity index (χ0n) is 20.0. The number of ether oxygens (including phenoxy) is 1. The molecule has 0 aliphatic carbocycles. The van der Waals surface area contributed by atoms with Crippen molar-refractivity contribution >= 4 is 64.0 Å². The van der Waals surface area contributed by atoms with Crippen LogP contribution in [0.1, 0.15) is 19.3 Å². The Morgan fingerprint density at radius 3 is 2.46 bits per heavy atom. The van der Waals surface area contributed by atoms with Crippen molar-refractivity contribution in [3.8, 4) is 0 Å². The van der Waals surface area contributed by atoms with Crippen molar-refractivity contribution in [2.75, 3.05) is 49.7 Å². The summed E-state index contributed by atoms with van der Waals surface area (Å²) in [7, 11) is 1.15. The second-order valence-corrected chi connectivity index (χ2v) is 11.7. The number of carbonyl (C=O) groups excluding carboxylic acids is 4. The number of nitrogens with zero attached hydrogens (tertiary/aromatic N) is 5. The van der Waals surface area contributed by atoms with Crippen LogP contribution >= 0.6 is 23.3 Å². The van der Waals surface area contributed by atoms with E-state index in [1.807, 2.05) is 0 Å². The molecule has 5 N–H and O–H groups in total. The fourth-order valence-electron chi connectivity index (χ4n) is 5.82. The van der Waals surface area contributed by atoms with Gasteiger partial charge in [-0.05, 0) is 0 Å². The Balaban J connectivity index is 1.42. The van der Waals surface area contributed by atoms with Crippen LogP contribution in [0.25, 0.3) is 0 Å². The number of nitrogens with two attached hydrogens (primary N) is 2. The molecule has 0 saturated carbocycles. The number of quaternary nitrogens is 1. The Morgan fingerprint density at radius 2 is 1.95 bits per heavy atom. The second-order valence-electron chi connectivity index (χ2n) is 9.80. The number of β-lactam (4-membered cyclic amide) rings is 1. The van der Waals surface area contributed by atoms with Gasteiger partial charge in [-0.15, -0.1) is 11.8 Å². The first kappa shape index (κ1) is 25.4. The van der Waals surface area contributed by atoms with Gasteiger partial charge < -0.3 is 30.6 Å². The van der Waals surface area contributed by atoms with Crippen molar-refractivity contribution in [2.45, 2.75) is 30.7 Å². The highest BCUT2D eigenvalue weighted by Crippen LogP contribution is 2.47. The lowest BCUT2D eigenvalue weighted by molar-refractivity contribution is -0.940. The number of piperidine rings is 3. The van der Waals surface area contributed by atoms with Crippen molar-refractivity contribution in [2.24, 2.45) is 11.1 Å². The Labute approximate surface area is 219 Å². The van der Waals surface area contributed by atoms with E-state index >= 15 is 0 Å². The Bertz CT molecular complexity index is 1220. The van der Waals surface area contributed by atoms with E-state index in [-0.39, 0.29) is 22.7 Å². The molecule has 3 amide bonds. The number of primary amides is 1. The van der Waals surface area contributed by atoms with Gasteiger partial charge in [0.2, 0.25) is 17.0 Å². The van der Waals surface area contributed by atoms with Gasteiger partial charge in [0.1, 0.15) is 18.0 Å². The van der Waals surface area contributed by atoms with Crippen LogP contribution in [0.15, 0.2) is 11.3 Å². The molecule has 0 spiro atoms. The summed E-state index contributed by atoms with van der Waals surface area (Å²) in [6, 6.07) is -1.15. The number of fused-ring (bicyclic) bond motifs is 4. The highest BCUT2D eigenvalue weighted by atomic mass is 32.2. The molecule has 1 aromatic rings. The van der Waals surface area contributed by atoms with Crippen LogP contribution < -0.4 is 21.5 Å². The standard InChI is InChI=1S/C21H26N8O6S2/c1-35-13(22)15(31)28(20-25-19(24)37-26-20)12-14(30)27-11(17(32)33)10(9-36-16(12)27)8-29-5-2-21(3-6-29,4-7-29)18(23)34/h12,16,22H,2-9H2,1H3,(H4-,23,24,25,26,32,33,34)/t12-,16-,21?,29?/m1/s1. The number of methoxy groups -OCH3 is 1. The Kier molecular flexibility index (Phi) is 6.15.